The van der Waals surface area contributed by atoms with E-state index in [1.165, 1.54) is 11.1 Å². The highest BCUT2D eigenvalue weighted by Crippen LogP contribution is 2.54. The summed E-state index contributed by atoms with van der Waals surface area (Å²) >= 11 is 0. The van der Waals surface area contributed by atoms with Crippen LogP contribution >= 0.6 is 0 Å². The predicted octanol–water partition coefficient (Wildman–Crippen LogP) is 3.29. The van der Waals surface area contributed by atoms with Crippen molar-refractivity contribution < 1.29 is 20.1 Å². The molecule has 4 saturated carbocycles. The van der Waals surface area contributed by atoms with Crippen molar-refractivity contribution in [3.05, 3.63) is 23.3 Å². The molecule has 7 atom stereocenters. The van der Waals surface area contributed by atoms with E-state index >= 15 is 0 Å². The molecule has 0 amide bonds. The molecule has 4 heteroatoms. The summed E-state index contributed by atoms with van der Waals surface area (Å²) in [6.45, 7) is 2.10. The van der Waals surface area contributed by atoms with Crippen molar-refractivity contribution in [3.8, 4) is 0 Å². The van der Waals surface area contributed by atoms with Gasteiger partial charge in [0.2, 0.25) is 0 Å². The van der Waals surface area contributed by atoms with Gasteiger partial charge in [-0.25, -0.2) is 0 Å². The van der Waals surface area contributed by atoms with E-state index < -0.39 is 11.6 Å². The van der Waals surface area contributed by atoms with Gasteiger partial charge in [-0.2, -0.15) is 0 Å². The van der Waals surface area contributed by atoms with Gasteiger partial charge in [-0.3, -0.25) is 4.79 Å². The van der Waals surface area contributed by atoms with Gasteiger partial charge in [0.1, 0.15) is 0 Å². The van der Waals surface area contributed by atoms with Crippen LogP contribution in [0.2, 0.25) is 0 Å². The van der Waals surface area contributed by atoms with Crippen molar-refractivity contribution >= 4 is 5.97 Å². The number of aliphatic hydroxyl groups excluding tert-OH is 1. The van der Waals surface area contributed by atoms with Crippen LogP contribution in [0.1, 0.15) is 58.3 Å². The Hall–Kier alpha value is -1.13. The van der Waals surface area contributed by atoms with Crippen LogP contribution in [-0.2, 0) is 4.79 Å². The van der Waals surface area contributed by atoms with Crippen molar-refractivity contribution in [2.75, 3.05) is 0 Å². The van der Waals surface area contributed by atoms with Gasteiger partial charge in [0.25, 0.3) is 0 Å². The molecule has 0 saturated heterocycles. The average Bonchev–Trinajstić information content (AvgIpc) is 3.10. The fourth-order valence-electron chi connectivity index (χ4n) is 5.84. The summed E-state index contributed by atoms with van der Waals surface area (Å²) in [6, 6.07) is 0. The Morgan fingerprint density at radius 2 is 2.08 bits per heavy atom. The Labute approximate surface area is 149 Å². The largest absolute Gasteiger partial charge is 0.481 e. The van der Waals surface area contributed by atoms with E-state index in [-0.39, 0.29) is 23.9 Å². The fourth-order valence-corrected chi connectivity index (χ4v) is 5.84. The highest BCUT2D eigenvalue weighted by atomic mass is 16.4. The minimum atomic E-state index is -0.708. The Morgan fingerprint density at radius 3 is 2.68 bits per heavy atom. The minimum absolute atomic E-state index is 0.100. The predicted molar refractivity (Wildman–Crippen MR) is 94.8 cm³/mol. The van der Waals surface area contributed by atoms with Gasteiger partial charge in [0.05, 0.1) is 17.6 Å². The third kappa shape index (κ3) is 2.87. The van der Waals surface area contributed by atoms with Gasteiger partial charge >= 0.3 is 5.97 Å². The molecule has 138 valence electrons. The van der Waals surface area contributed by atoms with Gasteiger partial charge in [0.15, 0.2) is 0 Å². The number of carboxylic acids is 1. The van der Waals surface area contributed by atoms with Gasteiger partial charge in [-0.1, -0.05) is 30.2 Å². The molecule has 4 aliphatic rings. The van der Waals surface area contributed by atoms with Crippen molar-refractivity contribution in [2.45, 2.75) is 70.0 Å². The first-order valence-electron chi connectivity index (χ1n) is 9.92. The average molecular weight is 346 g/mol. The number of hydrogen-bond donors (Lipinski definition) is 3. The number of allylic oxidation sites excluding steroid dienone is 1. The highest BCUT2D eigenvalue weighted by molar-refractivity contribution is 5.75. The lowest BCUT2D eigenvalue weighted by molar-refractivity contribution is -0.142. The number of carbonyl (C=O) groups is 1. The standard InChI is InChI=1S/C21H30O4/c1-12-3-2-7-21(12,25)8-6-16-18-10-13(9-14(18)11-19(16)22)15-4-5-17(15)20(23)24/h6,8,12,14,16-19,22,25H,2-5,7,9-11H2,1H3,(H,23,24)/b8-6+,15-13?/t12?,14-,16+,17?,18-,19?,21-/m0/s1. The molecule has 4 nitrogen and oxygen atoms in total. The molecule has 0 radical (unpaired) electrons. The van der Waals surface area contributed by atoms with Crippen LogP contribution < -0.4 is 0 Å². The fraction of sp³-hybridized carbons (Fsp3) is 0.762. The first kappa shape index (κ1) is 17.3. The normalized spacial score (nSPS) is 49.6. The van der Waals surface area contributed by atoms with Crippen LogP contribution in [0.4, 0.5) is 0 Å². The van der Waals surface area contributed by atoms with Crippen LogP contribution in [0.15, 0.2) is 23.3 Å². The molecule has 0 heterocycles. The second-order valence-corrected chi connectivity index (χ2v) is 8.91. The summed E-state index contributed by atoms with van der Waals surface area (Å²) in [5, 5.41) is 30.6. The molecular weight excluding hydrogens is 316 g/mol. The van der Waals surface area contributed by atoms with Crippen molar-refractivity contribution in [1.82, 2.24) is 0 Å². The molecule has 0 aromatic rings. The minimum Gasteiger partial charge on any atom is -0.481 e. The number of fused-ring (bicyclic) bond motifs is 1. The van der Waals surface area contributed by atoms with Crippen molar-refractivity contribution in [3.63, 3.8) is 0 Å². The van der Waals surface area contributed by atoms with Crippen LogP contribution in [0.3, 0.4) is 0 Å². The molecular formula is C21H30O4. The lowest BCUT2D eigenvalue weighted by atomic mass is 9.75. The number of rotatable bonds is 3. The molecule has 25 heavy (non-hydrogen) atoms. The molecule has 0 bridgehead atoms. The maximum Gasteiger partial charge on any atom is 0.310 e. The zero-order chi connectivity index (χ0) is 17.8. The van der Waals surface area contributed by atoms with E-state index in [1.807, 2.05) is 6.08 Å². The molecule has 3 N–H and O–H groups in total. The SMILES string of the molecule is CC1CCC[C@]1(O)/C=C/[C@H]1C(O)C[C@@H]2CC(=C3CCC3C(=O)O)C[C@@H]21. The van der Waals surface area contributed by atoms with Crippen molar-refractivity contribution in [1.29, 1.82) is 0 Å². The van der Waals surface area contributed by atoms with E-state index in [9.17, 15) is 20.1 Å². The molecule has 4 rings (SSSR count). The molecule has 3 unspecified atom stereocenters. The quantitative estimate of drug-likeness (QED) is 0.685. The first-order valence-corrected chi connectivity index (χ1v) is 9.92. The molecule has 0 spiro atoms. The second-order valence-electron chi connectivity index (χ2n) is 8.91. The third-order valence-corrected chi connectivity index (χ3v) is 7.63. The van der Waals surface area contributed by atoms with E-state index in [1.54, 1.807) is 0 Å². The second kappa shape index (κ2) is 6.24. The van der Waals surface area contributed by atoms with Crippen LogP contribution in [0.5, 0.6) is 0 Å². The summed E-state index contributed by atoms with van der Waals surface area (Å²) in [7, 11) is 0. The number of aliphatic carboxylic acids is 1. The summed E-state index contributed by atoms with van der Waals surface area (Å²) in [6.07, 6.45) is 11.1. The summed E-state index contributed by atoms with van der Waals surface area (Å²) < 4.78 is 0. The van der Waals surface area contributed by atoms with E-state index in [0.717, 1.165) is 51.4 Å². The first-order chi connectivity index (χ1) is 11.9. The van der Waals surface area contributed by atoms with Crippen molar-refractivity contribution in [2.24, 2.45) is 29.6 Å². The van der Waals surface area contributed by atoms with Gasteiger partial charge in [-0.05, 0) is 69.1 Å². The summed E-state index contributed by atoms with van der Waals surface area (Å²) in [5.74, 6) is 0.323. The van der Waals surface area contributed by atoms with Crippen LogP contribution in [0.25, 0.3) is 0 Å². The topological polar surface area (TPSA) is 77.8 Å². The van der Waals surface area contributed by atoms with Crippen LogP contribution in [0, 0.1) is 29.6 Å². The smallest absolute Gasteiger partial charge is 0.310 e. The maximum absolute atomic E-state index is 11.3. The number of hydrogen-bond acceptors (Lipinski definition) is 3. The molecule has 0 aromatic carbocycles. The molecule has 4 fully saturated rings. The Morgan fingerprint density at radius 1 is 1.28 bits per heavy atom. The van der Waals surface area contributed by atoms with Gasteiger partial charge in [0, 0.05) is 5.92 Å². The summed E-state index contributed by atoms with van der Waals surface area (Å²) in [4.78, 5) is 11.3. The zero-order valence-electron chi connectivity index (χ0n) is 15.0. The summed E-state index contributed by atoms with van der Waals surface area (Å²) in [5.41, 5.74) is 1.81. The monoisotopic (exact) mass is 346 g/mol. The van der Waals surface area contributed by atoms with E-state index in [4.69, 9.17) is 0 Å². The lowest BCUT2D eigenvalue weighted by Gasteiger charge is -2.29. The van der Waals surface area contributed by atoms with E-state index in [2.05, 4.69) is 13.0 Å². The van der Waals surface area contributed by atoms with E-state index in [0.29, 0.717) is 11.8 Å². The number of aliphatic hydroxyl groups is 2. The Balaban J connectivity index is 1.50. The number of carboxylic acid groups (broad SMARTS) is 1. The van der Waals surface area contributed by atoms with Gasteiger partial charge in [-0.15, -0.1) is 0 Å². The zero-order valence-corrected chi connectivity index (χ0v) is 15.0. The Bertz CT molecular complexity index is 621. The molecule has 4 aliphatic carbocycles. The maximum atomic E-state index is 11.3. The molecule has 0 aliphatic heterocycles. The lowest BCUT2D eigenvalue weighted by Crippen LogP contribution is -2.29. The third-order valence-electron chi connectivity index (χ3n) is 7.63. The Kier molecular flexibility index (Phi) is 4.32. The van der Waals surface area contributed by atoms with Gasteiger partial charge < -0.3 is 15.3 Å². The molecule has 0 aromatic heterocycles. The van der Waals surface area contributed by atoms with Crippen LogP contribution in [-0.4, -0.2) is 33.0 Å². The highest BCUT2D eigenvalue weighted by Gasteiger charge is 2.47.